The van der Waals surface area contributed by atoms with Gasteiger partial charge < -0.3 is 14.4 Å². The molecule has 0 bridgehead atoms. The highest BCUT2D eigenvalue weighted by atomic mass is 16.6. The van der Waals surface area contributed by atoms with E-state index in [0.29, 0.717) is 24.7 Å². The molecule has 1 spiro atoms. The fraction of sp³-hybridized carbons (Fsp3) is 0.762. The Labute approximate surface area is 161 Å². The predicted molar refractivity (Wildman–Crippen MR) is 99.7 cm³/mol. The number of esters is 2. The minimum Gasteiger partial charge on any atom is -0.466 e. The molecule has 2 heterocycles. The molecule has 5 atom stereocenters. The predicted octanol–water partition coefficient (Wildman–Crippen LogP) is 3.00. The number of nitrogens with zero attached hydrogens (tertiary/aromatic N) is 1. The number of methoxy groups -OCH3 is 1. The molecule has 3 aliphatic rings. The van der Waals surface area contributed by atoms with E-state index in [0.717, 1.165) is 32.1 Å². The summed E-state index contributed by atoms with van der Waals surface area (Å²) in [5, 5.41) is 0. The first-order valence-corrected chi connectivity index (χ1v) is 10.1. The van der Waals surface area contributed by atoms with E-state index in [4.69, 9.17) is 9.47 Å². The highest BCUT2D eigenvalue weighted by molar-refractivity contribution is 5.89. The van der Waals surface area contributed by atoms with Crippen molar-refractivity contribution in [1.82, 2.24) is 4.90 Å². The van der Waals surface area contributed by atoms with Crippen molar-refractivity contribution in [3.63, 3.8) is 0 Å². The van der Waals surface area contributed by atoms with Gasteiger partial charge in [0, 0.05) is 31.3 Å². The maximum absolute atomic E-state index is 13.1. The van der Waals surface area contributed by atoms with Gasteiger partial charge in [-0.25, -0.2) is 4.79 Å². The quantitative estimate of drug-likeness (QED) is 0.544. The Morgan fingerprint density at radius 2 is 1.96 bits per heavy atom. The van der Waals surface area contributed by atoms with Crippen LogP contribution in [0.4, 0.5) is 0 Å². The Hall–Kier alpha value is -1.85. The van der Waals surface area contributed by atoms with Gasteiger partial charge in [-0.1, -0.05) is 19.9 Å². The van der Waals surface area contributed by atoms with Crippen LogP contribution in [0, 0.1) is 11.8 Å². The summed E-state index contributed by atoms with van der Waals surface area (Å²) in [5.74, 6) is 0.130. The Kier molecular flexibility index (Phi) is 5.63. The molecule has 2 saturated heterocycles. The van der Waals surface area contributed by atoms with Crippen molar-refractivity contribution in [1.29, 1.82) is 0 Å². The van der Waals surface area contributed by atoms with Crippen LogP contribution >= 0.6 is 0 Å². The lowest BCUT2D eigenvalue weighted by Crippen LogP contribution is -2.65. The van der Waals surface area contributed by atoms with Crippen molar-refractivity contribution < 1.29 is 23.9 Å². The van der Waals surface area contributed by atoms with Crippen LogP contribution in [0.15, 0.2) is 12.2 Å². The Bertz CT molecular complexity index is 644. The van der Waals surface area contributed by atoms with E-state index in [2.05, 4.69) is 18.4 Å². The van der Waals surface area contributed by atoms with Crippen LogP contribution in [0.2, 0.25) is 0 Å². The molecule has 0 aromatic heterocycles. The molecule has 1 aliphatic carbocycles. The lowest BCUT2D eigenvalue weighted by Gasteiger charge is -2.57. The van der Waals surface area contributed by atoms with E-state index in [1.807, 2.05) is 0 Å². The van der Waals surface area contributed by atoms with Crippen LogP contribution in [0.25, 0.3) is 0 Å². The summed E-state index contributed by atoms with van der Waals surface area (Å²) < 4.78 is 10.2. The summed E-state index contributed by atoms with van der Waals surface area (Å²) in [7, 11) is 1.28. The van der Waals surface area contributed by atoms with Crippen LogP contribution in [0.3, 0.4) is 0 Å². The maximum atomic E-state index is 13.1. The minimum absolute atomic E-state index is 0.0369. The molecule has 6 nitrogen and oxygen atoms in total. The minimum atomic E-state index is -0.762. The summed E-state index contributed by atoms with van der Waals surface area (Å²) in [4.78, 5) is 38.7. The zero-order chi connectivity index (χ0) is 19.8. The Balaban J connectivity index is 1.86. The number of carbonyl (C=O) groups is 3. The van der Waals surface area contributed by atoms with Gasteiger partial charge in [-0.3, -0.25) is 9.59 Å². The third-order valence-electron chi connectivity index (χ3n) is 6.89. The van der Waals surface area contributed by atoms with Crippen molar-refractivity contribution in [2.24, 2.45) is 11.8 Å². The third-order valence-corrected chi connectivity index (χ3v) is 6.89. The molecule has 6 heteroatoms. The van der Waals surface area contributed by atoms with Crippen LogP contribution in [-0.2, 0) is 23.9 Å². The molecule has 2 aliphatic heterocycles. The fourth-order valence-electron chi connectivity index (χ4n) is 5.93. The summed E-state index contributed by atoms with van der Waals surface area (Å²) in [5.41, 5.74) is 0.0820. The third kappa shape index (κ3) is 3.50. The number of piperidine rings is 2. The maximum Gasteiger partial charge on any atom is 0.336 e. The second-order valence-electron chi connectivity index (χ2n) is 8.44. The van der Waals surface area contributed by atoms with E-state index in [9.17, 15) is 14.4 Å². The van der Waals surface area contributed by atoms with E-state index >= 15 is 0 Å². The smallest absolute Gasteiger partial charge is 0.336 e. The number of ether oxygens (including phenoxy) is 2. The fourth-order valence-corrected chi connectivity index (χ4v) is 5.93. The average molecular weight is 377 g/mol. The van der Waals surface area contributed by atoms with E-state index in [-0.39, 0.29) is 23.1 Å². The molecule has 1 amide bonds. The SMILES string of the molecule is C=C(C(=O)OC)C(C[C@H]1CCC[C@@]23CCC[C@@H]2[C@@H](C)CC(=O)N13)OC(C)=O. The zero-order valence-electron chi connectivity index (χ0n) is 16.7. The number of hydrogen-bond acceptors (Lipinski definition) is 5. The van der Waals surface area contributed by atoms with Gasteiger partial charge in [0.15, 0.2) is 0 Å². The molecule has 150 valence electrons. The van der Waals surface area contributed by atoms with Gasteiger partial charge >= 0.3 is 11.9 Å². The summed E-state index contributed by atoms with van der Waals surface area (Å²) in [6.45, 7) is 7.31. The molecule has 0 aromatic carbocycles. The largest absolute Gasteiger partial charge is 0.466 e. The second kappa shape index (κ2) is 7.64. The van der Waals surface area contributed by atoms with E-state index < -0.39 is 18.0 Å². The molecular formula is C21H31NO5. The van der Waals surface area contributed by atoms with Gasteiger partial charge in [0.1, 0.15) is 6.10 Å². The number of carbonyl (C=O) groups excluding carboxylic acids is 3. The lowest BCUT2D eigenvalue weighted by atomic mass is 9.67. The van der Waals surface area contributed by atoms with Gasteiger partial charge in [-0.2, -0.15) is 0 Å². The molecule has 0 aromatic rings. The number of rotatable bonds is 5. The van der Waals surface area contributed by atoms with Crippen LogP contribution in [0.5, 0.6) is 0 Å². The van der Waals surface area contributed by atoms with Gasteiger partial charge in [0.2, 0.25) is 5.91 Å². The normalized spacial score (nSPS) is 33.7. The molecule has 3 rings (SSSR count). The topological polar surface area (TPSA) is 72.9 Å². The molecule has 1 unspecified atom stereocenters. The van der Waals surface area contributed by atoms with Gasteiger partial charge in [0.05, 0.1) is 12.7 Å². The average Bonchev–Trinajstić information content (AvgIpc) is 3.03. The first kappa shape index (κ1) is 19.9. The Morgan fingerprint density at radius 3 is 2.59 bits per heavy atom. The summed E-state index contributed by atoms with van der Waals surface area (Å²) in [6.07, 6.45) is 6.59. The van der Waals surface area contributed by atoms with Gasteiger partial charge in [-0.15, -0.1) is 0 Å². The summed E-state index contributed by atoms with van der Waals surface area (Å²) in [6, 6.07) is -0.0369. The number of hydrogen-bond donors (Lipinski definition) is 0. The molecular weight excluding hydrogens is 346 g/mol. The van der Waals surface area contributed by atoms with E-state index in [1.54, 1.807) is 0 Å². The van der Waals surface area contributed by atoms with E-state index in [1.165, 1.54) is 20.5 Å². The molecule has 27 heavy (non-hydrogen) atoms. The van der Waals surface area contributed by atoms with Crippen molar-refractivity contribution in [2.75, 3.05) is 7.11 Å². The summed E-state index contributed by atoms with van der Waals surface area (Å²) >= 11 is 0. The highest BCUT2D eigenvalue weighted by Gasteiger charge is 2.57. The lowest BCUT2D eigenvalue weighted by molar-refractivity contribution is -0.162. The monoisotopic (exact) mass is 377 g/mol. The van der Waals surface area contributed by atoms with Crippen molar-refractivity contribution >= 4 is 17.8 Å². The van der Waals surface area contributed by atoms with Gasteiger partial charge in [0.25, 0.3) is 0 Å². The van der Waals surface area contributed by atoms with Crippen LogP contribution < -0.4 is 0 Å². The van der Waals surface area contributed by atoms with Crippen molar-refractivity contribution in [3.05, 3.63) is 12.2 Å². The molecule has 3 fully saturated rings. The van der Waals surface area contributed by atoms with Crippen LogP contribution in [-0.4, -0.2) is 47.5 Å². The first-order chi connectivity index (χ1) is 12.8. The first-order valence-electron chi connectivity index (χ1n) is 10.1. The molecule has 0 radical (unpaired) electrons. The van der Waals surface area contributed by atoms with Gasteiger partial charge in [-0.05, 0) is 43.9 Å². The standard InChI is InChI=1S/C21H31NO5/c1-13-11-19(24)22-16(7-5-9-21(22)10-6-8-17(13)21)12-18(27-15(3)23)14(2)20(25)26-4/h13,16-18H,2,5-12H2,1,3-4H3/t13-,16+,17+,18?,21+/m0/s1. The molecule has 1 saturated carbocycles. The second-order valence-corrected chi connectivity index (χ2v) is 8.44. The molecule has 0 N–H and O–H groups in total. The highest BCUT2D eigenvalue weighted by Crippen LogP contribution is 2.54. The van der Waals surface area contributed by atoms with Crippen molar-refractivity contribution in [2.45, 2.75) is 82.9 Å². The zero-order valence-corrected chi connectivity index (χ0v) is 16.7. The Morgan fingerprint density at radius 1 is 1.30 bits per heavy atom. The van der Waals surface area contributed by atoms with Crippen LogP contribution in [0.1, 0.15) is 65.2 Å². The number of amides is 1. The van der Waals surface area contributed by atoms with Crippen molar-refractivity contribution in [3.8, 4) is 0 Å².